The minimum Gasteiger partial charge on any atom is -0.480 e. The third kappa shape index (κ3) is 4.91. The van der Waals surface area contributed by atoms with Crippen LogP contribution >= 0.6 is 7.75 Å². The molecule has 0 radical (unpaired) electrons. The van der Waals surface area contributed by atoms with Gasteiger partial charge in [0.2, 0.25) is 0 Å². The van der Waals surface area contributed by atoms with E-state index in [1.807, 2.05) is 0 Å². The minimum atomic E-state index is -4.44. The van der Waals surface area contributed by atoms with Crippen molar-refractivity contribution >= 4 is 25.1 Å². The highest BCUT2D eigenvalue weighted by atomic mass is 31.2. The summed E-state index contributed by atoms with van der Waals surface area (Å²) in [6.07, 6.45) is -3.53. The molecule has 0 aliphatic carbocycles. The molecule has 2 aromatic heterocycles. The number of rotatable bonds is 10. The number of para-hydroxylation sites is 1. The van der Waals surface area contributed by atoms with E-state index in [0.29, 0.717) is 5.52 Å². The van der Waals surface area contributed by atoms with Crippen LogP contribution < -0.4 is 15.3 Å². The van der Waals surface area contributed by atoms with Crippen molar-refractivity contribution in [2.24, 2.45) is 0 Å². The Labute approximate surface area is 204 Å². The van der Waals surface area contributed by atoms with Crippen LogP contribution in [0.2, 0.25) is 0 Å². The number of hydrogen-bond acceptors (Lipinski definition) is 10. The van der Waals surface area contributed by atoms with Crippen LogP contribution in [0.4, 0.5) is 10.2 Å². The fraction of sp³-hybridized carbons (Fsp3) is 0.381. The topological polar surface area (TPSA) is 191 Å². The number of nitrogen functional groups attached to an aromatic ring is 1. The Morgan fingerprint density at radius 2 is 2.06 bits per heavy atom. The molecule has 15 heteroatoms. The first-order valence-corrected chi connectivity index (χ1v) is 12.3. The summed E-state index contributed by atoms with van der Waals surface area (Å²) in [7, 11) is -4.44. The van der Waals surface area contributed by atoms with E-state index < -0.39 is 57.0 Å². The van der Waals surface area contributed by atoms with Crippen LogP contribution in [-0.2, 0) is 18.6 Å². The quantitative estimate of drug-likeness (QED) is 0.237. The van der Waals surface area contributed by atoms with Gasteiger partial charge in [-0.1, -0.05) is 18.2 Å². The van der Waals surface area contributed by atoms with Crippen molar-refractivity contribution < 1.29 is 42.9 Å². The monoisotopic (exact) mass is 525 g/mol. The number of nitrogens with one attached hydrogen (secondary N) is 1. The molecule has 36 heavy (non-hydrogen) atoms. The van der Waals surface area contributed by atoms with Crippen LogP contribution in [0, 0.1) is 0 Å². The number of aliphatic carboxylic acids is 1. The molecular formula is C21H25FN5O8P. The number of nitrogens with two attached hydrogens (primary N) is 1. The second kappa shape index (κ2) is 10.1. The molecule has 0 saturated carbocycles. The SMILES string of the molecule is CC(N[P@@](=O)(OC[C@@]1(CF)O[C@@H](c2ccc3c(N)ncnn23)[C@H](O)[C@@H]1O)Oc1ccccc1)C(=O)O. The number of aliphatic hydroxyl groups is 2. The Balaban J connectivity index is 1.60. The smallest absolute Gasteiger partial charge is 0.459 e. The van der Waals surface area contributed by atoms with E-state index in [0.717, 1.165) is 0 Å². The van der Waals surface area contributed by atoms with Crippen LogP contribution in [-0.4, -0.2) is 73.0 Å². The molecule has 1 aromatic carbocycles. The molecule has 1 aliphatic heterocycles. The molecule has 6 atom stereocenters. The zero-order valence-corrected chi connectivity index (χ0v) is 19.9. The summed E-state index contributed by atoms with van der Waals surface area (Å²) >= 11 is 0. The molecule has 1 aliphatic rings. The van der Waals surface area contributed by atoms with Crippen LogP contribution in [0.3, 0.4) is 0 Å². The van der Waals surface area contributed by atoms with Crippen molar-refractivity contribution in [1.29, 1.82) is 0 Å². The van der Waals surface area contributed by atoms with Crippen LogP contribution in [0.1, 0.15) is 18.7 Å². The number of alkyl halides is 1. The van der Waals surface area contributed by atoms with Gasteiger partial charge in [-0.25, -0.2) is 18.5 Å². The molecule has 1 fully saturated rings. The fourth-order valence-corrected chi connectivity index (χ4v) is 5.31. The first-order chi connectivity index (χ1) is 17.1. The summed E-state index contributed by atoms with van der Waals surface area (Å²) < 4.78 is 45.7. The lowest BCUT2D eigenvalue weighted by Gasteiger charge is -2.31. The summed E-state index contributed by atoms with van der Waals surface area (Å²) in [5, 5.41) is 37.0. The maximum atomic E-state index is 14.4. The average molecular weight is 525 g/mol. The number of hydrogen-bond donors (Lipinski definition) is 5. The van der Waals surface area contributed by atoms with Crippen LogP contribution in [0.15, 0.2) is 48.8 Å². The largest absolute Gasteiger partial charge is 0.480 e. The Morgan fingerprint density at radius 1 is 1.33 bits per heavy atom. The third-order valence-corrected chi connectivity index (χ3v) is 7.36. The van der Waals surface area contributed by atoms with Gasteiger partial charge in [-0.05, 0) is 31.2 Å². The van der Waals surface area contributed by atoms with E-state index in [1.54, 1.807) is 24.3 Å². The molecule has 1 unspecified atom stereocenters. The fourth-order valence-electron chi connectivity index (χ4n) is 3.76. The summed E-state index contributed by atoms with van der Waals surface area (Å²) in [6, 6.07) is 9.50. The molecule has 6 N–H and O–H groups in total. The molecule has 0 amide bonds. The van der Waals surface area contributed by atoms with E-state index in [9.17, 15) is 29.1 Å². The highest BCUT2D eigenvalue weighted by Gasteiger charge is 2.57. The number of halogens is 1. The van der Waals surface area contributed by atoms with Crippen LogP contribution in [0.5, 0.6) is 5.75 Å². The number of nitrogens with zero attached hydrogens (tertiary/aromatic N) is 3. The van der Waals surface area contributed by atoms with E-state index >= 15 is 0 Å². The Hall–Kier alpha value is -3.13. The van der Waals surface area contributed by atoms with Gasteiger partial charge in [0.05, 0.1) is 12.3 Å². The molecule has 3 aromatic rings. The van der Waals surface area contributed by atoms with Gasteiger partial charge in [0.1, 0.15) is 54.2 Å². The van der Waals surface area contributed by atoms with Gasteiger partial charge in [-0.2, -0.15) is 10.2 Å². The highest BCUT2D eigenvalue weighted by Crippen LogP contribution is 2.48. The number of carboxylic acids is 1. The van der Waals surface area contributed by atoms with Gasteiger partial charge in [0, 0.05) is 0 Å². The normalized spacial score (nSPS) is 26.5. The zero-order chi connectivity index (χ0) is 26.1. The van der Waals surface area contributed by atoms with Crippen molar-refractivity contribution in [3.63, 3.8) is 0 Å². The summed E-state index contributed by atoms with van der Waals surface area (Å²) in [5.74, 6) is -1.10. The molecule has 3 heterocycles. The van der Waals surface area contributed by atoms with Crippen molar-refractivity contribution in [3.05, 3.63) is 54.5 Å². The number of benzene rings is 1. The number of fused-ring (bicyclic) bond motifs is 1. The molecule has 1 saturated heterocycles. The van der Waals surface area contributed by atoms with E-state index in [2.05, 4.69) is 15.2 Å². The Morgan fingerprint density at radius 3 is 2.72 bits per heavy atom. The predicted octanol–water partition coefficient (Wildman–Crippen LogP) is 1.08. The number of carboxylic acid groups (broad SMARTS) is 1. The standard InChI is InChI=1S/C21H25FN5O8P/c1-12(20(30)31)26-36(32,35-13-5-3-2-4-6-13)33-10-21(9-22)18(29)16(28)17(34-21)14-7-8-15-19(23)24-11-25-27(14)15/h2-8,11-12,16-18,28-29H,9-10H2,1H3,(H,26,32)(H,30,31)(H2,23,24,25)/t12?,16-,17-,18-,21+,36+/m0/s1. The summed E-state index contributed by atoms with van der Waals surface area (Å²) in [4.78, 5) is 15.2. The second-order valence-electron chi connectivity index (χ2n) is 8.24. The summed E-state index contributed by atoms with van der Waals surface area (Å²) in [5.41, 5.74) is 4.32. The van der Waals surface area contributed by atoms with Crippen molar-refractivity contribution in [1.82, 2.24) is 19.7 Å². The third-order valence-electron chi connectivity index (χ3n) is 5.73. The van der Waals surface area contributed by atoms with Crippen molar-refractivity contribution in [2.45, 2.75) is 36.9 Å². The second-order valence-corrected chi connectivity index (χ2v) is 9.93. The van der Waals surface area contributed by atoms with Gasteiger partial charge in [0.25, 0.3) is 0 Å². The number of carbonyl (C=O) groups is 1. The van der Waals surface area contributed by atoms with Gasteiger partial charge >= 0.3 is 13.7 Å². The van der Waals surface area contributed by atoms with Gasteiger partial charge < -0.3 is 30.3 Å². The highest BCUT2D eigenvalue weighted by molar-refractivity contribution is 7.52. The molecule has 194 valence electrons. The zero-order valence-electron chi connectivity index (χ0n) is 19.0. The lowest BCUT2D eigenvalue weighted by Crippen LogP contribution is -2.49. The number of aliphatic hydroxyl groups excluding tert-OH is 2. The van der Waals surface area contributed by atoms with E-state index in [1.165, 1.54) is 36.0 Å². The molecule has 13 nitrogen and oxygen atoms in total. The lowest BCUT2D eigenvalue weighted by molar-refractivity contribution is -0.138. The first kappa shape index (κ1) is 25.9. The summed E-state index contributed by atoms with van der Waals surface area (Å²) in [6.45, 7) is -0.992. The number of aromatic nitrogens is 3. The van der Waals surface area contributed by atoms with Crippen LogP contribution in [0.25, 0.3) is 5.52 Å². The maximum absolute atomic E-state index is 14.4. The Bertz CT molecular complexity index is 1280. The maximum Gasteiger partial charge on any atom is 0.459 e. The van der Waals surface area contributed by atoms with E-state index in [-0.39, 0.29) is 17.3 Å². The van der Waals surface area contributed by atoms with E-state index in [4.69, 9.17) is 19.5 Å². The molecule has 0 bridgehead atoms. The molecular weight excluding hydrogens is 500 g/mol. The minimum absolute atomic E-state index is 0.0861. The number of anilines is 1. The van der Waals surface area contributed by atoms with Gasteiger partial charge in [-0.15, -0.1) is 0 Å². The predicted molar refractivity (Wildman–Crippen MR) is 123 cm³/mol. The lowest BCUT2D eigenvalue weighted by atomic mass is 9.96. The van der Waals surface area contributed by atoms with Crippen molar-refractivity contribution in [2.75, 3.05) is 19.0 Å². The van der Waals surface area contributed by atoms with Crippen molar-refractivity contribution in [3.8, 4) is 5.75 Å². The first-order valence-electron chi connectivity index (χ1n) is 10.8. The van der Waals surface area contributed by atoms with Gasteiger partial charge in [-0.3, -0.25) is 9.32 Å². The van der Waals surface area contributed by atoms with Gasteiger partial charge in [0.15, 0.2) is 5.82 Å². The average Bonchev–Trinajstić information content (AvgIpc) is 3.39. The molecule has 4 rings (SSSR count). The number of ether oxygens (including phenoxy) is 1. The molecule has 0 spiro atoms. The Kier molecular flexibility index (Phi) is 7.27.